The summed E-state index contributed by atoms with van der Waals surface area (Å²) in [4.78, 5) is 3.15. The van der Waals surface area contributed by atoms with Gasteiger partial charge in [-0.3, -0.25) is 0 Å². The first-order valence-electron chi connectivity index (χ1n) is 6.29. The van der Waals surface area contributed by atoms with Gasteiger partial charge >= 0.3 is 0 Å². The number of rotatable bonds is 6. The van der Waals surface area contributed by atoms with E-state index in [4.69, 9.17) is 10.5 Å². The van der Waals surface area contributed by atoms with Crippen molar-refractivity contribution in [1.29, 1.82) is 0 Å². The Balaban J connectivity index is 2.25. The lowest BCUT2D eigenvalue weighted by Crippen LogP contribution is -2.29. The van der Waals surface area contributed by atoms with E-state index >= 15 is 0 Å². The topological polar surface area (TPSA) is 97.2 Å². The number of H-pyrrole nitrogens is 1. The van der Waals surface area contributed by atoms with Crippen molar-refractivity contribution in [2.45, 2.75) is 11.8 Å². The van der Waals surface area contributed by atoms with Crippen LogP contribution in [0.4, 0.5) is 5.69 Å². The second-order valence-electron chi connectivity index (χ2n) is 4.87. The number of ether oxygens (including phenoxy) is 1. The van der Waals surface area contributed by atoms with Gasteiger partial charge in [-0.2, -0.15) is 0 Å². The standard InChI is InChI=1S/C13H19N3O3S/c1-9(8-19-2)6-16-20(17,18)13-7-15-12-4-3-10(14)5-11(12)13/h3-5,7,9,15-16H,6,8,14H2,1-2H3. The van der Waals surface area contributed by atoms with Crippen LogP contribution in [0.1, 0.15) is 6.92 Å². The van der Waals surface area contributed by atoms with Gasteiger partial charge in [-0.15, -0.1) is 0 Å². The van der Waals surface area contributed by atoms with Crippen LogP contribution in [0.25, 0.3) is 10.9 Å². The average Bonchev–Trinajstić information content (AvgIpc) is 2.80. The number of nitrogens with two attached hydrogens (primary N) is 1. The fraction of sp³-hybridized carbons (Fsp3) is 0.385. The fourth-order valence-corrected chi connectivity index (χ4v) is 3.34. The minimum atomic E-state index is -3.57. The minimum Gasteiger partial charge on any atom is -0.399 e. The Bertz CT molecular complexity index is 694. The molecule has 1 unspecified atom stereocenters. The largest absolute Gasteiger partial charge is 0.399 e. The van der Waals surface area contributed by atoms with Crippen LogP contribution in [-0.4, -0.2) is 33.7 Å². The van der Waals surface area contributed by atoms with Gasteiger partial charge in [0.25, 0.3) is 0 Å². The third-order valence-corrected chi connectivity index (χ3v) is 4.49. The van der Waals surface area contributed by atoms with E-state index in [-0.39, 0.29) is 10.8 Å². The molecule has 110 valence electrons. The van der Waals surface area contributed by atoms with Crippen LogP contribution < -0.4 is 10.5 Å². The molecule has 6 nitrogen and oxygen atoms in total. The minimum absolute atomic E-state index is 0.102. The molecule has 7 heteroatoms. The molecule has 0 aliphatic rings. The Kier molecular flexibility index (Phi) is 4.32. The first kappa shape index (κ1) is 14.8. The van der Waals surface area contributed by atoms with Crippen LogP contribution in [-0.2, 0) is 14.8 Å². The Labute approximate surface area is 118 Å². The molecule has 0 aliphatic carbocycles. The van der Waals surface area contributed by atoms with Crippen LogP contribution in [0, 0.1) is 5.92 Å². The Morgan fingerprint density at radius 1 is 1.45 bits per heavy atom. The number of fused-ring (bicyclic) bond motifs is 1. The molecule has 2 rings (SSSR count). The molecule has 1 heterocycles. The number of sulfonamides is 1. The molecule has 1 atom stereocenters. The van der Waals surface area contributed by atoms with E-state index in [0.29, 0.717) is 24.2 Å². The summed E-state index contributed by atoms with van der Waals surface area (Å²) < 4.78 is 32.2. The van der Waals surface area contributed by atoms with Gasteiger partial charge in [0, 0.05) is 43.0 Å². The first-order valence-corrected chi connectivity index (χ1v) is 7.77. The van der Waals surface area contributed by atoms with Crippen molar-refractivity contribution in [3.8, 4) is 0 Å². The highest BCUT2D eigenvalue weighted by molar-refractivity contribution is 7.89. The monoisotopic (exact) mass is 297 g/mol. The lowest BCUT2D eigenvalue weighted by atomic mass is 10.2. The van der Waals surface area contributed by atoms with Crippen molar-refractivity contribution >= 4 is 26.6 Å². The highest BCUT2D eigenvalue weighted by Gasteiger charge is 2.19. The molecule has 0 aliphatic heterocycles. The third-order valence-electron chi connectivity index (χ3n) is 3.03. The average molecular weight is 297 g/mol. The van der Waals surface area contributed by atoms with Crippen LogP contribution in [0.5, 0.6) is 0 Å². The predicted octanol–water partition coefficient (Wildman–Crippen LogP) is 1.31. The lowest BCUT2D eigenvalue weighted by molar-refractivity contribution is 0.161. The smallest absolute Gasteiger partial charge is 0.242 e. The first-order chi connectivity index (χ1) is 9.44. The van der Waals surface area contributed by atoms with E-state index in [1.807, 2.05) is 6.92 Å². The summed E-state index contributed by atoms with van der Waals surface area (Å²) in [5.41, 5.74) is 6.98. The Hall–Kier alpha value is -1.57. The number of hydrogen-bond acceptors (Lipinski definition) is 4. The van der Waals surface area contributed by atoms with Crippen LogP contribution in [0.2, 0.25) is 0 Å². The van der Waals surface area contributed by atoms with Gasteiger partial charge in [-0.1, -0.05) is 6.92 Å². The molecule has 1 aromatic carbocycles. The van der Waals surface area contributed by atoms with E-state index in [9.17, 15) is 8.42 Å². The maximum absolute atomic E-state index is 12.3. The van der Waals surface area contributed by atoms with Gasteiger partial charge in [-0.05, 0) is 24.1 Å². The van der Waals surface area contributed by atoms with E-state index in [1.165, 1.54) is 6.20 Å². The fourth-order valence-electron chi connectivity index (χ4n) is 2.01. The van der Waals surface area contributed by atoms with Gasteiger partial charge in [0.1, 0.15) is 4.90 Å². The second kappa shape index (κ2) is 5.82. The maximum Gasteiger partial charge on any atom is 0.242 e. The SMILES string of the molecule is COCC(C)CNS(=O)(=O)c1c[nH]c2ccc(N)cc12. The van der Waals surface area contributed by atoms with Gasteiger partial charge < -0.3 is 15.5 Å². The van der Waals surface area contributed by atoms with Gasteiger partial charge in [0.15, 0.2) is 0 Å². The van der Waals surface area contributed by atoms with Crippen molar-refractivity contribution in [3.05, 3.63) is 24.4 Å². The highest BCUT2D eigenvalue weighted by Crippen LogP contribution is 2.24. The number of aromatic nitrogens is 1. The number of methoxy groups -OCH3 is 1. The normalized spacial score (nSPS) is 13.7. The van der Waals surface area contributed by atoms with Crippen molar-refractivity contribution in [2.24, 2.45) is 5.92 Å². The molecule has 20 heavy (non-hydrogen) atoms. The molecular weight excluding hydrogens is 278 g/mol. The third kappa shape index (κ3) is 3.12. The van der Waals surface area contributed by atoms with Crippen molar-refractivity contribution < 1.29 is 13.2 Å². The molecule has 0 fully saturated rings. The molecule has 0 bridgehead atoms. The summed E-state index contributed by atoms with van der Waals surface area (Å²) in [6, 6.07) is 5.14. The maximum atomic E-state index is 12.3. The van der Waals surface area contributed by atoms with Crippen LogP contribution >= 0.6 is 0 Å². The summed E-state index contributed by atoms with van der Waals surface area (Å²) in [5.74, 6) is 0.102. The summed E-state index contributed by atoms with van der Waals surface area (Å²) in [5, 5.41) is 0.594. The zero-order valence-electron chi connectivity index (χ0n) is 11.5. The number of benzene rings is 1. The van der Waals surface area contributed by atoms with Crippen LogP contribution in [0.15, 0.2) is 29.3 Å². The van der Waals surface area contributed by atoms with Crippen LogP contribution in [0.3, 0.4) is 0 Å². The van der Waals surface area contributed by atoms with E-state index in [2.05, 4.69) is 9.71 Å². The number of anilines is 1. The lowest BCUT2D eigenvalue weighted by Gasteiger charge is -2.11. The summed E-state index contributed by atoms with van der Waals surface area (Å²) >= 11 is 0. The van der Waals surface area contributed by atoms with E-state index < -0.39 is 10.0 Å². The van der Waals surface area contributed by atoms with E-state index in [0.717, 1.165) is 5.52 Å². The molecule has 0 saturated heterocycles. The number of hydrogen-bond donors (Lipinski definition) is 3. The molecule has 1 aromatic heterocycles. The van der Waals surface area contributed by atoms with Crippen molar-refractivity contribution in [3.63, 3.8) is 0 Å². The molecule has 0 spiro atoms. The Morgan fingerprint density at radius 3 is 2.90 bits per heavy atom. The zero-order chi connectivity index (χ0) is 14.8. The van der Waals surface area contributed by atoms with E-state index in [1.54, 1.807) is 25.3 Å². The van der Waals surface area contributed by atoms with Gasteiger partial charge in [-0.25, -0.2) is 13.1 Å². The molecular formula is C13H19N3O3S. The molecule has 4 N–H and O–H groups in total. The Morgan fingerprint density at radius 2 is 2.20 bits per heavy atom. The second-order valence-corrected chi connectivity index (χ2v) is 6.61. The number of nitrogens with one attached hydrogen (secondary N) is 2. The molecule has 0 saturated carbocycles. The summed E-state index contributed by atoms with van der Waals surface area (Å²) in [6.07, 6.45) is 1.48. The zero-order valence-corrected chi connectivity index (χ0v) is 12.3. The summed E-state index contributed by atoms with van der Waals surface area (Å²) in [6.45, 7) is 2.74. The number of nitrogen functional groups attached to an aromatic ring is 1. The van der Waals surface area contributed by atoms with Gasteiger partial charge in [0.05, 0.1) is 0 Å². The predicted molar refractivity (Wildman–Crippen MR) is 78.9 cm³/mol. The quantitative estimate of drug-likeness (QED) is 0.700. The van der Waals surface area contributed by atoms with Gasteiger partial charge in [0.2, 0.25) is 10.0 Å². The van der Waals surface area contributed by atoms with Crippen molar-refractivity contribution in [2.75, 3.05) is 26.0 Å². The number of aromatic amines is 1. The summed E-state index contributed by atoms with van der Waals surface area (Å²) in [7, 11) is -1.98. The molecule has 0 amide bonds. The molecule has 0 radical (unpaired) electrons. The molecule has 2 aromatic rings. The highest BCUT2D eigenvalue weighted by atomic mass is 32.2. The van der Waals surface area contributed by atoms with Crippen molar-refractivity contribution in [1.82, 2.24) is 9.71 Å².